The number of benzene rings is 1. The number of para-hydroxylation sites is 1. The van der Waals surface area contributed by atoms with Crippen LogP contribution in [-0.4, -0.2) is 38.4 Å². The Morgan fingerprint density at radius 1 is 1.03 bits per heavy atom. The molecular formula is C21H21F3N2O4. The molecule has 1 fully saturated rings. The Morgan fingerprint density at radius 2 is 1.60 bits per heavy atom. The van der Waals surface area contributed by atoms with E-state index in [0.29, 0.717) is 11.3 Å². The zero-order valence-electron chi connectivity index (χ0n) is 15.9. The first kappa shape index (κ1) is 23.0. The molecule has 4 N–H and O–H groups in total. The van der Waals surface area contributed by atoms with Gasteiger partial charge in [0.25, 0.3) is 0 Å². The van der Waals surface area contributed by atoms with Crippen molar-refractivity contribution in [3.63, 3.8) is 0 Å². The van der Waals surface area contributed by atoms with Gasteiger partial charge in [-0.15, -0.1) is 0 Å². The van der Waals surface area contributed by atoms with Crippen molar-refractivity contribution in [2.75, 3.05) is 0 Å². The molecule has 0 bridgehead atoms. The van der Waals surface area contributed by atoms with Crippen LogP contribution in [0.1, 0.15) is 48.0 Å². The lowest BCUT2D eigenvalue weighted by Crippen LogP contribution is -2.40. The average molecular weight is 422 g/mol. The monoisotopic (exact) mass is 422 g/mol. The summed E-state index contributed by atoms with van der Waals surface area (Å²) in [5, 5.41) is 16.6. The van der Waals surface area contributed by atoms with E-state index in [-0.39, 0.29) is 5.56 Å². The average Bonchev–Trinajstić information content (AvgIpc) is 3.21. The van der Waals surface area contributed by atoms with Crippen LogP contribution < -0.4 is 5.73 Å². The van der Waals surface area contributed by atoms with E-state index in [9.17, 15) is 23.1 Å². The highest BCUT2D eigenvalue weighted by molar-refractivity contribution is 5.93. The Bertz CT molecular complexity index is 951. The summed E-state index contributed by atoms with van der Waals surface area (Å²) in [7, 11) is 0. The number of hydrogen-bond donors (Lipinski definition) is 3. The lowest BCUT2D eigenvalue weighted by atomic mass is 9.83. The minimum atomic E-state index is -5.08. The number of halogens is 3. The van der Waals surface area contributed by atoms with Gasteiger partial charge in [0.05, 0.1) is 16.8 Å². The summed E-state index contributed by atoms with van der Waals surface area (Å²) in [6.07, 6.45) is 3.78. The van der Waals surface area contributed by atoms with Gasteiger partial charge >= 0.3 is 18.1 Å². The molecule has 1 aromatic heterocycles. The second kappa shape index (κ2) is 9.50. The highest BCUT2D eigenvalue weighted by Crippen LogP contribution is 2.26. The Kier molecular flexibility index (Phi) is 7.29. The number of rotatable bonds is 2. The number of hydrogen-bond acceptors (Lipinski definition) is 3. The number of aromatic nitrogens is 1. The molecule has 0 saturated heterocycles. The molecule has 1 aliphatic rings. The third-order valence-corrected chi connectivity index (χ3v) is 4.56. The van der Waals surface area contributed by atoms with E-state index in [1.807, 2.05) is 30.6 Å². The van der Waals surface area contributed by atoms with Crippen molar-refractivity contribution in [1.82, 2.24) is 4.57 Å². The Hall–Kier alpha value is -3.25. The van der Waals surface area contributed by atoms with Gasteiger partial charge < -0.3 is 20.5 Å². The molecule has 1 aromatic carbocycles. The van der Waals surface area contributed by atoms with Gasteiger partial charge in [0.2, 0.25) is 0 Å². The van der Waals surface area contributed by atoms with E-state index in [0.717, 1.165) is 25.7 Å². The number of nitrogens with two attached hydrogens (primary N) is 1. The lowest BCUT2D eigenvalue weighted by molar-refractivity contribution is -0.192. The standard InChI is InChI=1S/C19H20N2O2.C2HF3O2/c20-19(10-2-1-3-11-19)12-9-15-7-6-8-16(18(22)23)17(15)21-13-4-5-14-21;3-2(4,5)1(6)7/h4-8,13-14H,1-3,10-11,20H2,(H,22,23);(H,6,7). The van der Waals surface area contributed by atoms with E-state index >= 15 is 0 Å². The van der Waals surface area contributed by atoms with Crippen molar-refractivity contribution in [3.05, 3.63) is 53.9 Å². The van der Waals surface area contributed by atoms with E-state index < -0.39 is 23.7 Å². The molecule has 160 valence electrons. The fraction of sp³-hybridized carbons (Fsp3) is 0.333. The molecule has 0 atom stereocenters. The van der Waals surface area contributed by atoms with E-state index in [2.05, 4.69) is 11.8 Å². The molecule has 0 unspecified atom stereocenters. The van der Waals surface area contributed by atoms with E-state index in [4.69, 9.17) is 15.6 Å². The smallest absolute Gasteiger partial charge is 0.478 e. The minimum absolute atomic E-state index is 0.239. The van der Waals surface area contributed by atoms with Crippen molar-refractivity contribution in [1.29, 1.82) is 0 Å². The van der Waals surface area contributed by atoms with Crippen LogP contribution in [0.5, 0.6) is 0 Å². The van der Waals surface area contributed by atoms with Crippen LogP contribution in [0.25, 0.3) is 5.69 Å². The number of carboxylic acids is 2. The van der Waals surface area contributed by atoms with Crippen LogP contribution in [0, 0.1) is 11.8 Å². The zero-order valence-corrected chi connectivity index (χ0v) is 15.9. The number of aromatic carboxylic acids is 1. The van der Waals surface area contributed by atoms with Gasteiger partial charge in [0, 0.05) is 18.0 Å². The molecule has 1 saturated carbocycles. The third kappa shape index (κ3) is 6.12. The normalized spacial score (nSPS) is 15.2. The first-order chi connectivity index (χ1) is 14.0. The Balaban J connectivity index is 0.000000396. The maximum absolute atomic E-state index is 11.6. The van der Waals surface area contributed by atoms with Crippen LogP contribution in [0.15, 0.2) is 42.7 Å². The summed E-state index contributed by atoms with van der Waals surface area (Å²) in [5.41, 5.74) is 7.45. The van der Waals surface area contributed by atoms with E-state index in [1.54, 1.807) is 16.7 Å². The second-order valence-corrected chi connectivity index (χ2v) is 6.87. The molecule has 3 rings (SSSR count). The van der Waals surface area contributed by atoms with Crippen LogP contribution in [-0.2, 0) is 4.79 Å². The van der Waals surface area contributed by atoms with Gasteiger partial charge in [-0.25, -0.2) is 9.59 Å². The first-order valence-corrected chi connectivity index (χ1v) is 9.15. The highest BCUT2D eigenvalue weighted by atomic mass is 19.4. The highest BCUT2D eigenvalue weighted by Gasteiger charge is 2.38. The van der Waals surface area contributed by atoms with Crippen LogP contribution >= 0.6 is 0 Å². The van der Waals surface area contributed by atoms with Gasteiger partial charge in [0.1, 0.15) is 0 Å². The summed E-state index contributed by atoms with van der Waals surface area (Å²) in [6.45, 7) is 0. The van der Waals surface area contributed by atoms with Gasteiger partial charge in [0.15, 0.2) is 0 Å². The molecular weight excluding hydrogens is 401 g/mol. The third-order valence-electron chi connectivity index (χ3n) is 4.56. The molecule has 0 aliphatic heterocycles. The van der Waals surface area contributed by atoms with Crippen LogP contribution in [0.4, 0.5) is 13.2 Å². The molecule has 30 heavy (non-hydrogen) atoms. The van der Waals surface area contributed by atoms with Gasteiger partial charge in [-0.2, -0.15) is 13.2 Å². The van der Waals surface area contributed by atoms with Crippen molar-refractivity contribution < 1.29 is 33.0 Å². The predicted octanol–water partition coefficient (Wildman–Crippen LogP) is 3.82. The first-order valence-electron chi connectivity index (χ1n) is 9.15. The molecule has 1 aliphatic carbocycles. The summed E-state index contributed by atoms with van der Waals surface area (Å²) in [5.74, 6) is 2.63. The topological polar surface area (TPSA) is 106 Å². The second-order valence-electron chi connectivity index (χ2n) is 6.87. The largest absolute Gasteiger partial charge is 0.490 e. The zero-order chi connectivity index (χ0) is 22.4. The van der Waals surface area contributed by atoms with E-state index in [1.165, 1.54) is 6.42 Å². The van der Waals surface area contributed by atoms with Gasteiger partial charge in [-0.3, -0.25) is 0 Å². The summed E-state index contributed by atoms with van der Waals surface area (Å²) in [4.78, 5) is 20.4. The van der Waals surface area contributed by atoms with Crippen LogP contribution in [0.2, 0.25) is 0 Å². The number of nitrogens with zero attached hydrogens (tertiary/aromatic N) is 1. The molecule has 9 heteroatoms. The number of aliphatic carboxylic acids is 1. The Labute approximate surface area is 171 Å². The number of carboxylic acid groups (broad SMARTS) is 2. The minimum Gasteiger partial charge on any atom is -0.478 e. The summed E-state index contributed by atoms with van der Waals surface area (Å²) in [6, 6.07) is 8.90. The van der Waals surface area contributed by atoms with Crippen molar-refractivity contribution in [3.8, 4) is 17.5 Å². The molecule has 0 amide bonds. The number of carbonyl (C=O) groups is 2. The van der Waals surface area contributed by atoms with Crippen molar-refractivity contribution in [2.24, 2.45) is 5.73 Å². The Morgan fingerprint density at radius 3 is 2.10 bits per heavy atom. The molecule has 6 nitrogen and oxygen atoms in total. The molecule has 2 aromatic rings. The summed E-state index contributed by atoms with van der Waals surface area (Å²) >= 11 is 0. The maximum atomic E-state index is 11.6. The SMILES string of the molecule is NC1(C#Cc2cccc(C(=O)O)c2-n2cccc2)CCCCC1.O=C(O)C(F)(F)F. The summed E-state index contributed by atoms with van der Waals surface area (Å²) < 4.78 is 33.5. The fourth-order valence-electron chi connectivity index (χ4n) is 3.08. The molecule has 0 spiro atoms. The lowest BCUT2D eigenvalue weighted by Gasteiger charge is -2.27. The quantitative estimate of drug-likeness (QED) is 0.638. The van der Waals surface area contributed by atoms with Gasteiger partial charge in [-0.05, 0) is 37.1 Å². The van der Waals surface area contributed by atoms with Crippen molar-refractivity contribution in [2.45, 2.75) is 43.8 Å². The van der Waals surface area contributed by atoms with Gasteiger partial charge in [-0.1, -0.05) is 37.2 Å². The van der Waals surface area contributed by atoms with Crippen molar-refractivity contribution >= 4 is 11.9 Å². The molecule has 1 heterocycles. The maximum Gasteiger partial charge on any atom is 0.490 e. The van der Waals surface area contributed by atoms with Crippen LogP contribution in [0.3, 0.4) is 0 Å². The molecule has 0 radical (unpaired) electrons. The number of alkyl halides is 3. The predicted molar refractivity (Wildman–Crippen MR) is 103 cm³/mol. The fourth-order valence-corrected chi connectivity index (χ4v) is 3.08.